The molecule has 0 aromatic rings. The second-order valence-corrected chi connectivity index (χ2v) is 6.16. The van der Waals surface area contributed by atoms with Crippen molar-refractivity contribution in [3.63, 3.8) is 0 Å². The highest BCUT2D eigenvalue weighted by Gasteiger charge is 2.26. The number of hydrogen-bond acceptors (Lipinski definition) is 3. The van der Waals surface area contributed by atoms with Gasteiger partial charge in [0.2, 0.25) is 10.0 Å². The Morgan fingerprint density at radius 3 is 2.31 bits per heavy atom. The lowest BCUT2D eigenvalue weighted by Crippen LogP contribution is -2.50. The van der Waals surface area contributed by atoms with Crippen LogP contribution in [-0.4, -0.2) is 32.8 Å². The Morgan fingerprint density at radius 2 is 1.92 bits per heavy atom. The van der Waals surface area contributed by atoms with Crippen LogP contribution in [-0.2, 0) is 10.0 Å². The monoisotopic (exact) mass is 206 g/mol. The number of hydrogen-bond donors (Lipinski definition) is 2. The van der Waals surface area contributed by atoms with Gasteiger partial charge >= 0.3 is 0 Å². The molecule has 1 fully saturated rings. The lowest BCUT2D eigenvalue weighted by Gasteiger charge is -2.25. The summed E-state index contributed by atoms with van der Waals surface area (Å²) in [7, 11) is -3.10. The summed E-state index contributed by atoms with van der Waals surface area (Å²) in [5.74, 6) is 0. The minimum absolute atomic E-state index is 0.393. The van der Waals surface area contributed by atoms with Gasteiger partial charge in [0.05, 0.1) is 6.26 Å². The number of sulfonamides is 1. The smallest absolute Gasteiger partial charge is 0.209 e. The number of nitrogens with one attached hydrogen (secondary N) is 2. The zero-order chi connectivity index (χ0) is 10.1. The van der Waals surface area contributed by atoms with E-state index in [1.807, 2.05) is 13.8 Å². The fourth-order valence-corrected chi connectivity index (χ4v) is 2.30. The van der Waals surface area contributed by atoms with Crippen LogP contribution in [0.1, 0.15) is 26.7 Å². The Kier molecular flexibility index (Phi) is 2.99. The van der Waals surface area contributed by atoms with Gasteiger partial charge in [0.15, 0.2) is 0 Å². The van der Waals surface area contributed by atoms with E-state index < -0.39 is 15.6 Å². The van der Waals surface area contributed by atoms with Gasteiger partial charge in [-0.15, -0.1) is 0 Å². The van der Waals surface area contributed by atoms with Crippen LogP contribution < -0.4 is 10.0 Å². The molecule has 0 bridgehead atoms. The van der Waals surface area contributed by atoms with Crippen molar-refractivity contribution in [2.24, 2.45) is 0 Å². The van der Waals surface area contributed by atoms with Crippen LogP contribution >= 0.6 is 0 Å². The van der Waals surface area contributed by atoms with Crippen molar-refractivity contribution in [3.05, 3.63) is 0 Å². The molecule has 0 heterocycles. The minimum Gasteiger partial charge on any atom is -0.312 e. The maximum Gasteiger partial charge on any atom is 0.209 e. The van der Waals surface area contributed by atoms with Gasteiger partial charge in [-0.05, 0) is 26.7 Å². The van der Waals surface area contributed by atoms with Gasteiger partial charge in [0.1, 0.15) is 0 Å². The molecule has 5 heteroatoms. The highest BCUT2D eigenvalue weighted by Crippen LogP contribution is 2.19. The Labute approximate surface area is 80.1 Å². The summed E-state index contributed by atoms with van der Waals surface area (Å²) in [5.41, 5.74) is -0.393. The SMILES string of the molecule is CC(C)(CNC1CC1)NS(C)(=O)=O. The van der Waals surface area contributed by atoms with E-state index >= 15 is 0 Å². The summed E-state index contributed by atoms with van der Waals surface area (Å²) < 4.78 is 24.5. The van der Waals surface area contributed by atoms with Gasteiger partial charge in [-0.1, -0.05) is 0 Å². The fraction of sp³-hybridized carbons (Fsp3) is 1.00. The van der Waals surface area contributed by atoms with Gasteiger partial charge in [-0.3, -0.25) is 0 Å². The van der Waals surface area contributed by atoms with Gasteiger partial charge in [0, 0.05) is 18.1 Å². The maximum absolute atomic E-state index is 11.0. The summed E-state index contributed by atoms with van der Waals surface area (Å²) in [4.78, 5) is 0. The van der Waals surface area contributed by atoms with Crippen molar-refractivity contribution >= 4 is 10.0 Å². The van der Waals surface area contributed by atoms with Crippen LogP contribution in [0.5, 0.6) is 0 Å². The molecule has 0 unspecified atom stereocenters. The van der Waals surface area contributed by atoms with Crippen molar-refractivity contribution in [2.75, 3.05) is 12.8 Å². The van der Waals surface area contributed by atoms with E-state index in [-0.39, 0.29) is 0 Å². The first-order valence-corrected chi connectivity index (χ1v) is 6.40. The van der Waals surface area contributed by atoms with Crippen molar-refractivity contribution < 1.29 is 8.42 Å². The maximum atomic E-state index is 11.0. The van der Waals surface area contributed by atoms with Crippen LogP contribution in [0, 0.1) is 0 Å². The molecular weight excluding hydrogens is 188 g/mol. The lowest BCUT2D eigenvalue weighted by atomic mass is 10.1. The second-order valence-electron chi connectivity index (χ2n) is 4.41. The van der Waals surface area contributed by atoms with E-state index in [2.05, 4.69) is 10.0 Å². The molecule has 0 radical (unpaired) electrons. The molecule has 0 aromatic carbocycles. The molecule has 1 aliphatic rings. The first-order valence-electron chi connectivity index (χ1n) is 4.51. The molecule has 2 N–H and O–H groups in total. The Balaban J connectivity index is 2.34. The van der Waals surface area contributed by atoms with E-state index in [9.17, 15) is 8.42 Å². The first-order chi connectivity index (χ1) is 5.79. The molecule has 0 saturated heterocycles. The van der Waals surface area contributed by atoms with Gasteiger partial charge in [-0.25, -0.2) is 13.1 Å². The highest BCUT2D eigenvalue weighted by atomic mass is 32.2. The van der Waals surface area contributed by atoms with Gasteiger partial charge in [0.25, 0.3) is 0 Å². The normalized spacial score (nSPS) is 19.0. The van der Waals surface area contributed by atoms with Crippen LogP contribution in [0.2, 0.25) is 0 Å². The Morgan fingerprint density at radius 1 is 1.38 bits per heavy atom. The molecule has 0 spiro atoms. The minimum atomic E-state index is -3.10. The molecule has 1 saturated carbocycles. The zero-order valence-electron chi connectivity index (χ0n) is 8.42. The second kappa shape index (κ2) is 3.55. The predicted molar refractivity (Wildman–Crippen MR) is 53.1 cm³/mol. The Bertz CT molecular complexity index is 268. The third-order valence-electron chi connectivity index (χ3n) is 1.87. The van der Waals surface area contributed by atoms with Gasteiger partial charge in [-0.2, -0.15) is 0 Å². The molecule has 4 nitrogen and oxygen atoms in total. The summed E-state index contributed by atoms with van der Waals surface area (Å²) in [5, 5.41) is 3.29. The molecule has 0 amide bonds. The largest absolute Gasteiger partial charge is 0.312 e. The first kappa shape index (κ1) is 10.9. The van der Waals surface area contributed by atoms with E-state index in [4.69, 9.17) is 0 Å². The quantitative estimate of drug-likeness (QED) is 0.669. The third-order valence-corrected chi connectivity index (χ3v) is 2.80. The van der Waals surface area contributed by atoms with E-state index in [0.717, 1.165) is 0 Å². The van der Waals surface area contributed by atoms with Crippen LogP contribution in [0.3, 0.4) is 0 Å². The zero-order valence-corrected chi connectivity index (χ0v) is 9.24. The highest BCUT2D eigenvalue weighted by molar-refractivity contribution is 7.88. The Hall–Kier alpha value is -0.130. The fourth-order valence-electron chi connectivity index (χ4n) is 1.22. The van der Waals surface area contributed by atoms with E-state index in [1.165, 1.54) is 19.1 Å². The van der Waals surface area contributed by atoms with Crippen molar-refractivity contribution in [1.29, 1.82) is 0 Å². The predicted octanol–water partition coefficient (Wildman–Crippen LogP) is 0.0662. The van der Waals surface area contributed by atoms with Crippen molar-refractivity contribution in [3.8, 4) is 0 Å². The number of rotatable bonds is 5. The van der Waals surface area contributed by atoms with E-state index in [0.29, 0.717) is 12.6 Å². The standard InChI is InChI=1S/C8H18N2O2S/c1-8(2,10-13(3,11)12)6-9-7-4-5-7/h7,9-10H,4-6H2,1-3H3. The molecule has 0 aliphatic heterocycles. The van der Waals surface area contributed by atoms with Crippen LogP contribution in [0.4, 0.5) is 0 Å². The average Bonchev–Trinajstić information content (AvgIpc) is 2.59. The summed E-state index contributed by atoms with van der Waals surface area (Å²) in [6.07, 6.45) is 3.62. The third kappa shape index (κ3) is 5.23. The van der Waals surface area contributed by atoms with Crippen molar-refractivity contribution in [2.45, 2.75) is 38.3 Å². The van der Waals surface area contributed by atoms with Crippen LogP contribution in [0.15, 0.2) is 0 Å². The van der Waals surface area contributed by atoms with Crippen molar-refractivity contribution in [1.82, 2.24) is 10.0 Å². The molecule has 78 valence electrons. The average molecular weight is 206 g/mol. The molecule has 13 heavy (non-hydrogen) atoms. The lowest BCUT2D eigenvalue weighted by molar-refractivity contribution is 0.420. The summed E-state index contributed by atoms with van der Waals surface area (Å²) in [6, 6.07) is 0.612. The van der Waals surface area contributed by atoms with Gasteiger partial charge < -0.3 is 5.32 Å². The topological polar surface area (TPSA) is 58.2 Å². The molecule has 1 aliphatic carbocycles. The summed E-state index contributed by atoms with van der Waals surface area (Å²) >= 11 is 0. The van der Waals surface area contributed by atoms with Crippen LogP contribution in [0.25, 0.3) is 0 Å². The molecule has 1 rings (SSSR count). The molecule has 0 atom stereocenters. The molecule has 0 aromatic heterocycles. The summed E-state index contributed by atoms with van der Waals surface area (Å²) in [6.45, 7) is 4.44. The van der Waals surface area contributed by atoms with E-state index in [1.54, 1.807) is 0 Å². The molecular formula is C8H18N2O2S.